The van der Waals surface area contributed by atoms with Crippen molar-refractivity contribution in [2.75, 3.05) is 0 Å². The molecule has 8 bridgehead atoms. The van der Waals surface area contributed by atoms with E-state index in [0.29, 0.717) is 0 Å². The molecule has 2 aliphatic rings. The summed E-state index contributed by atoms with van der Waals surface area (Å²) < 4.78 is 0. The Hall–Kier alpha value is -5.22. The molecule has 0 radical (unpaired) electrons. The number of aryl methyl sites for hydroxylation is 3. The number of H-pyrrole nitrogens is 2. The molecule has 238 valence electrons. The third kappa shape index (κ3) is 4.57. The molecule has 0 fully saturated rings. The molecule has 0 amide bonds. The standard InChI is InChI=1S/C44H42N4/c1-8-30-24(4)35-21-40-32(10-3)26(6)37(47-40)23-42-43(44-33-17-13-11-15-28(33)19-29-16-12-14-18-34(29)44)27(7)38(48-42)22-41-31(9-2)25(5)36(46-41)20-39(30)45-35/h11-23,47-48H,8-10H2,1-7H3. The highest BCUT2D eigenvalue weighted by atomic mass is 14.8. The molecule has 0 saturated carbocycles. The molecule has 0 spiro atoms. The van der Waals surface area contributed by atoms with E-state index in [1.165, 1.54) is 71.7 Å². The van der Waals surface area contributed by atoms with E-state index in [4.69, 9.17) is 9.97 Å². The van der Waals surface area contributed by atoms with Gasteiger partial charge in [-0.15, -0.1) is 0 Å². The largest absolute Gasteiger partial charge is 0.355 e. The fourth-order valence-electron chi connectivity index (χ4n) is 8.11. The highest BCUT2D eigenvalue weighted by Gasteiger charge is 2.22. The van der Waals surface area contributed by atoms with Crippen LogP contribution in [0, 0.1) is 13.8 Å². The Kier molecular flexibility index (Phi) is 7.21. The van der Waals surface area contributed by atoms with Gasteiger partial charge in [-0.25, -0.2) is 9.97 Å². The van der Waals surface area contributed by atoms with Crippen molar-refractivity contribution < 1.29 is 0 Å². The molecule has 48 heavy (non-hydrogen) atoms. The first-order chi connectivity index (χ1) is 23.3. The van der Waals surface area contributed by atoms with E-state index in [2.05, 4.69) is 137 Å². The summed E-state index contributed by atoms with van der Waals surface area (Å²) >= 11 is 0. The molecular formula is C44H42N4. The molecule has 6 aromatic rings. The van der Waals surface area contributed by atoms with Crippen LogP contribution in [0.3, 0.4) is 0 Å². The maximum Gasteiger partial charge on any atom is 0.0693 e. The second-order valence-electron chi connectivity index (χ2n) is 13.3. The molecule has 3 aromatic carbocycles. The lowest BCUT2D eigenvalue weighted by atomic mass is 9.90. The molecule has 4 heteroatoms. The summed E-state index contributed by atoms with van der Waals surface area (Å²) in [6.07, 6.45) is 2.77. The zero-order chi connectivity index (χ0) is 33.3. The monoisotopic (exact) mass is 626 g/mol. The molecule has 0 unspecified atom stereocenters. The first-order valence-corrected chi connectivity index (χ1v) is 17.4. The number of aromatic nitrogens is 4. The Morgan fingerprint density at radius 2 is 1.00 bits per heavy atom. The van der Waals surface area contributed by atoms with Crippen LogP contribution >= 0.6 is 0 Å². The minimum absolute atomic E-state index is 0.912. The van der Waals surface area contributed by atoms with Gasteiger partial charge in [-0.1, -0.05) is 69.3 Å². The number of aromatic amines is 2. The summed E-state index contributed by atoms with van der Waals surface area (Å²) in [7, 11) is 0. The van der Waals surface area contributed by atoms with Gasteiger partial charge in [0.1, 0.15) is 0 Å². The van der Waals surface area contributed by atoms with Crippen LogP contribution in [0.5, 0.6) is 0 Å². The molecule has 2 aliphatic heterocycles. The van der Waals surface area contributed by atoms with E-state index in [0.717, 1.165) is 64.1 Å². The van der Waals surface area contributed by atoms with Gasteiger partial charge in [0.25, 0.3) is 0 Å². The van der Waals surface area contributed by atoms with Crippen molar-refractivity contribution in [1.29, 1.82) is 0 Å². The van der Waals surface area contributed by atoms with Gasteiger partial charge in [0.15, 0.2) is 0 Å². The fourth-order valence-corrected chi connectivity index (χ4v) is 8.11. The molecule has 0 aliphatic carbocycles. The van der Waals surface area contributed by atoms with E-state index in [-0.39, 0.29) is 0 Å². The Morgan fingerprint density at radius 1 is 0.479 bits per heavy atom. The molecule has 4 nitrogen and oxygen atoms in total. The Balaban J connectivity index is 1.59. The van der Waals surface area contributed by atoms with Crippen molar-refractivity contribution in [2.24, 2.45) is 0 Å². The number of benzene rings is 3. The lowest BCUT2D eigenvalue weighted by Gasteiger charge is -2.12. The van der Waals surface area contributed by atoms with Gasteiger partial charge in [-0.2, -0.15) is 0 Å². The van der Waals surface area contributed by atoms with Crippen LogP contribution in [0.4, 0.5) is 0 Å². The van der Waals surface area contributed by atoms with E-state index < -0.39 is 0 Å². The normalized spacial score (nSPS) is 13.4. The van der Waals surface area contributed by atoms with Gasteiger partial charge in [0.2, 0.25) is 0 Å². The second kappa shape index (κ2) is 11.5. The number of rotatable bonds is 4. The summed E-state index contributed by atoms with van der Waals surface area (Å²) in [5.41, 5.74) is 19.9. The Labute approximate surface area is 282 Å². The van der Waals surface area contributed by atoms with Crippen LogP contribution in [0.2, 0.25) is 0 Å². The maximum atomic E-state index is 5.28. The molecular weight excluding hydrogens is 585 g/mol. The van der Waals surface area contributed by atoms with Crippen LogP contribution in [0.15, 0.2) is 78.9 Å². The number of hydrogen-bond acceptors (Lipinski definition) is 2. The van der Waals surface area contributed by atoms with Gasteiger partial charge < -0.3 is 9.97 Å². The quantitative estimate of drug-likeness (QED) is 0.191. The van der Waals surface area contributed by atoms with Crippen molar-refractivity contribution in [1.82, 2.24) is 19.9 Å². The summed E-state index contributed by atoms with van der Waals surface area (Å²) in [6, 6.07) is 28.9. The second-order valence-corrected chi connectivity index (χ2v) is 13.3. The van der Waals surface area contributed by atoms with Crippen LogP contribution in [0.25, 0.3) is 77.0 Å². The summed E-state index contributed by atoms with van der Waals surface area (Å²) in [4.78, 5) is 18.3. The topological polar surface area (TPSA) is 57.4 Å². The van der Waals surface area contributed by atoms with E-state index in [1.807, 2.05) is 0 Å². The van der Waals surface area contributed by atoms with E-state index >= 15 is 0 Å². The minimum Gasteiger partial charge on any atom is -0.355 e. The van der Waals surface area contributed by atoms with E-state index in [9.17, 15) is 0 Å². The lowest BCUT2D eigenvalue weighted by molar-refractivity contribution is 1.14. The lowest BCUT2D eigenvalue weighted by Crippen LogP contribution is -1.87. The number of nitrogens with zero attached hydrogens (tertiary/aromatic N) is 2. The predicted molar refractivity (Wildman–Crippen MR) is 206 cm³/mol. The van der Waals surface area contributed by atoms with Crippen molar-refractivity contribution in [2.45, 2.75) is 67.7 Å². The van der Waals surface area contributed by atoms with Crippen LogP contribution < -0.4 is 0 Å². The van der Waals surface area contributed by atoms with Crippen molar-refractivity contribution in [3.05, 3.63) is 118 Å². The van der Waals surface area contributed by atoms with Crippen molar-refractivity contribution in [3.8, 4) is 11.1 Å². The summed E-state index contributed by atoms with van der Waals surface area (Å²) in [5.74, 6) is 0. The number of allylic oxidation sites excluding steroid dienone is 4. The third-order valence-electron chi connectivity index (χ3n) is 10.7. The molecule has 2 N–H and O–H groups in total. The summed E-state index contributed by atoms with van der Waals surface area (Å²) in [5, 5.41) is 5.00. The van der Waals surface area contributed by atoms with Gasteiger partial charge in [0, 0.05) is 27.6 Å². The van der Waals surface area contributed by atoms with Gasteiger partial charge in [-0.3, -0.25) is 0 Å². The number of nitrogens with one attached hydrogen (secondary N) is 2. The van der Waals surface area contributed by atoms with Crippen LogP contribution in [0.1, 0.15) is 86.9 Å². The highest BCUT2D eigenvalue weighted by Crippen LogP contribution is 2.43. The van der Waals surface area contributed by atoms with Gasteiger partial charge >= 0.3 is 0 Å². The number of hydrogen-bond donors (Lipinski definition) is 2. The smallest absolute Gasteiger partial charge is 0.0693 e. The van der Waals surface area contributed by atoms with E-state index in [1.54, 1.807) is 0 Å². The summed E-state index contributed by atoms with van der Waals surface area (Å²) in [6.45, 7) is 15.6. The molecule has 0 atom stereocenters. The van der Waals surface area contributed by atoms with Crippen LogP contribution in [-0.2, 0) is 6.42 Å². The first-order valence-electron chi connectivity index (χ1n) is 17.4. The predicted octanol–water partition coefficient (Wildman–Crippen LogP) is 12.1. The fraction of sp³-hybridized carbons (Fsp3) is 0.227. The Morgan fingerprint density at radius 3 is 1.60 bits per heavy atom. The Bertz CT molecular complexity index is 2500. The maximum absolute atomic E-state index is 5.28. The van der Waals surface area contributed by atoms with Crippen molar-refractivity contribution >= 4 is 65.9 Å². The van der Waals surface area contributed by atoms with Crippen molar-refractivity contribution in [3.63, 3.8) is 0 Å². The molecule has 8 rings (SSSR count). The van der Waals surface area contributed by atoms with Gasteiger partial charge in [0.05, 0.1) is 22.8 Å². The van der Waals surface area contributed by atoms with Crippen LogP contribution in [-0.4, -0.2) is 19.9 Å². The molecule has 3 aromatic heterocycles. The first kappa shape index (κ1) is 30.1. The zero-order valence-electron chi connectivity index (χ0n) is 29.0. The SMILES string of the molecule is CCC1=C(C)c2cc3[nH]c(cc4[nH]c(cc5nc(cc1n2)C(C)=C5CC)c(C)c4-c1c2ccccc2cc2ccccc12)c(C)c3CC. The minimum atomic E-state index is 0.912. The number of fused-ring (bicyclic) bond motifs is 10. The average Bonchev–Trinajstić information content (AvgIpc) is 3.76. The third-order valence-corrected chi connectivity index (χ3v) is 10.7. The highest BCUT2D eigenvalue weighted by molar-refractivity contribution is 6.16. The molecule has 5 heterocycles. The van der Waals surface area contributed by atoms with Gasteiger partial charge in [-0.05, 0) is 143 Å². The zero-order valence-corrected chi connectivity index (χ0v) is 29.0. The molecule has 0 saturated heterocycles. The average molecular weight is 627 g/mol.